The number of ether oxygens (including phenoxy) is 1. The largest absolute Gasteiger partial charge is 0.373 e. The van der Waals surface area contributed by atoms with E-state index < -0.39 is 0 Å². The fourth-order valence-electron chi connectivity index (χ4n) is 3.30. The number of hydrogen-bond donors (Lipinski definition) is 0. The maximum Gasteiger partial charge on any atom is 0.255 e. The second kappa shape index (κ2) is 5.52. The zero-order valence-corrected chi connectivity index (χ0v) is 12.2. The van der Waals surface area contributed by atoms with Crippen LogP contribution in [-0.4, -0.2) is 41.1 Å². The highest BCUT2D eigenvalue weighted by atomic mass is 16.5. The molecule has 4 nitrogen and oxygen atoms in total. The number of pyridine rings is 1. The van der Waals surface area contributed by atoms with Crippen molar-refractivity contribution in [1.82, 2.24) is 9.88 Å². The van der Waals surface area contributed by atoms with Gasteiger partial charge in [0, 0.05) is 25.0 Å². The highest BCUT2D eigenvalue weighted by Gasteiger charge is 2.38. The standard InChI is InChI=1S/C16H22N2O2/c1-3-14-5-4-13(9-17-14)16(19)18-7-6-12-8-11(2)20-15(12)10-18/h4-5,9,11-12,15H,3,6-8,10H2,1-2H3/t11-,12+,15-/m1/s1. The molecular weight excluding hydrogens is 252 g/mol. The Hall–Kier alpha value is -1.42. The topological polar surface area (TPSA) is 42.4 Å². The van der Waals surface area contributed by atoms with Crippen LogP contribution >= 0.6 is 0 Å². The first kappa shape index (κ1) is 13.6. The van der Waals surface area contributed by atoms with Gasteiger partial charge in [-0.2, -0.15) is 0 Å². The lowest BCUT2D eigenvalue weighted by Gasteiger charge is -2.34. The summed E-state index contributed by atoms with van der Waals surface area (Å²) < 4.78 is 5.91. The van der Waals surface area contributed by atoms with E-state index in [4.69, 9.17) is 4.74 Å². The van der Waals surface area contributed by atoms with Crippen molar-refractivity contribution >= 4 is 5.91 Å². The third-order valence-electron chi connectivity index (χ3n) is 4.46. The number of nitrogens with zero attached hydrogens (tertiary/aromatic N) is 2. The molecule has 2 saturated heterocycles. The molecule has 1 aromatic heterocycles. The van der Waals surface area contributed by atoms with Gasteiger partial charge in [0.1, 0.15) is 0 Å². The van der Waals surface area contributed by atoms with Gasteiger partial charge in [0.25, 0.3) is 5.91 Å². The molecular formula is C16H22N2O2. The molecule has 0 unspecified atom stereocenters. The lowest BCUT2D eigenvalue weighted by atomic mass is 9.92. The van der Waals surface area contributed by atoms with Crippen LogP contribution in [0.1, 0.15) is 42.7 Å². The van der Waals surface area contributed by atoms with E-state index in [1.165, 1.54) is 0 Å². The van der Waals surface area contributed by atoms with E-state index >= 15 is 0 Å². The number of carbonyl (C=O) groups is 1. The summed E-state index contributed by atoms with van der Waals surface area (Å²) in [5, 5.41) is 0. The molecule has 0 aliphatic carbocycles. The zero-order chi connectivity index (χ0) is 14.1. The smallest absolute Gasteiger partial charge is 0.255 e. The second-order valence-electron chi connectivity index (χ2n) is 5.91. The van der Waals surface area contributed by atoms with Crippen molar-refractivity contribution in [2.75, 3.05) is 13.1 Å². The lowest BCUT2D eigenvalue weighted by Crippen LogP contribution is -2.45. The number of aromatic nitrogens is 1. The molecule has 108 valence electrons. The third-order valence-corrected chi connectivity index (χ3v) is 4.46. The molecule has 3 heterocycles. The van der Waals surface area contributed by atoms with E-state index in [2.05, 4.69) is 18.8 Å². The van der Waals surface area contributed by atoms with Crippen molar-refractivity contribution in [2.45, 2.75) is 45.3 Å². The number of piperidine rings is 1. The lowest BCUT2D eigenvalue weighted by molar-refractivity contribution is 0.00155. The Morgan fingerprint density at radius 3 is 3.05 bits per heavy atom. The molecule has 3 atom stereocenters. The molecule has 4 heteroatoms. The SMILES string of the molecule is CCc1ccc(C(=O)N2CC[C@H]3C[C@@H](C)O[C@@H]3C2)cn1. The highest BCUT2D eigenvalue weighted by molar-refractivity contribution is 5.94. The first-order valence-electron chi connectivity index (χ1n) is 7.57. The van der Waals surface area contributed by atoms with Crippen molar-refractivity contribution in [3.63, 3.8) is 0 Å². The van der Waals surface area contributed by atoms with Gasteiger partial charge >= 0.3 is 0 Å². The highest BCUT2D eigenvalue weighted by Crippen LogP contribution is 2.33. The Morgan fingerprint density at radius 2 is 2.35 bits per heavy atom. The molecule has 2 aliphatic heterocycles. The molecule has 0 saturated carbocycles. The minimum Gasteiger partial charge on any atom is -0.373 e. The molecule has 1 aromatic rings. The molecule has 1 amide bonds. The Bertz CT molecular complexity index is 486. The Morgan fingerprint density at radius 1 is 1.50 bits per heavy atom. The van der Waals surface area contributed by atoms with Gasteiger partial charge in [0.2, 0.25) is 0 Å². The van der Waals surface area contributed by atoms with Crippen LogP contribution < -0.4 is 0 Å². The van der Waals surface area contributed by atoms with Crippen LogP contribution in [0.15, 0.2) is 18.3 Å². The summed E-state index contributed by atoms with van der Waals surface area (Å²) in [6.07, 6.45) is 5.36. The number of hydrogen-bond acceptors (Lipinski definition) is 3. The number of likely N-dealkylation sites (tertiary alicyclic amines) is 1. The van der Waals surface area contributed by atoms with Gasteiger partial charge in [0.05, 0.1) is 17.8 Å². The molecule has 3 rings (SSSR count). The van der Waals surface area contributed by atoms with Gasteiger partial charge in [-0.25, -0.2) is 0 Å². The summed E-state index contributed by atoms with van der Waals surface area (Å²) in [4.78, 5) is 18.7. The van der Waals surface area contributed by atoms with Crippen molar-refractivity contribution < 1.29 is 9.53 Å². The Kier molecular flexibility index (Phi) is 3.74. The fourth-order valence-corrected chi connectivity index (χ4v) is 3.30. The average Bonchev–Trinajstić information content (AvgIpc) is 2.85. The van der Waals surface area contributed by atoms with Crippen LogP contribution in [0.5, 0.6) is 0 Å². The molecule has 20 heavy (non-hydrogen) atoms. The van der Waals surface area contributed by atoms with Gasteiger partial charge in [0.15, 0.2) is 0 Å². The molecule has 0 spiro atoms. The zero-order valence-electron chi connectivity index (χ0n) is 12.2. The van der Waals surface area contributed by atoms with Crippen LogP contribution in [0.4, 0.5) is 0 Å². The summed E-state index contributed by atoms with van der Waals surface area (Å²) in [5.41, 5.74) is 1.71. The van der Waals surface area contributed by atoms with Crippen LogP contribution in [0.2, 0.25) is 0 Å². The second-order valence-corrected chi connectivity index (χ2v) is 5.91. The summed E-state index contributed by atoms with van der Waals surface area (Å²) in [6, 6.07) is 3.83. The van der Waals surface area contributed by atoms with E-state index in [1.54, 1.807) is 6.20 Å². The number of aryl methyl sites for hydroxylation is 1. The molecule has 0 N–H and O–H groups in total. The van der Waals surface area contributed by atoms with Crippen molar-refractivity contribution in [3.8, 4) is 0 Å². The van der Waals surface area contributed by atoms with Gasteiger partial charge in [-0.1, -0.05) is 6.92 Å². The molecule has 2 aliphatic rings. The van der Waals surface area contributed by atoms with Gasteiger partial charge in [-0.05, 0) is 44.2 Å². The van der Waals surface area contributed by atoms with E-state index in [1.807, 2.05) is 17.0 Å². The summed E-state index contributed by atoms with van der Waals surface area (Å²) in [5.74, 6) is 0.719. The normalized spacial score (nSPS) is 29.3. The van der Waals surface area contributed by atoms with Gasteiger partial charge in [-0.3, -0.25) is 9.78 Å². The van der Waals surface area contributed by atoms with Crippen molar-refractivity contribution in [1.29, 1.82) is 0 Å². The number of amides is 1. The minimum absolute atomic E-state index is 0.0850. The summed E-state index contributed by atoms with van der Waals surface area (Å²) in [6.45, 7) is 5.75. The summed E-state index contributed by atoms with van der Waals surface area (Å²) >= 11 is 0. The average molecular weight is 274 g/mol. The van der Waals surface area contributed by atoms with Gasteiger partial charge < -0.3 is 9.64 Å². The predicted octanol–water partition coefficient (Wildman–Crippen LogP) is 2.28. The molecule has 0 bridgehead atoms. The Labute approximate surface area is 120 Å². The van der Waals surface area contributed by atoms with Crippen molar-refractivity contribution in [3.05, 3.63) is 29.6 Å². The van der Waals surface area contributed by atoms with Crippen LogP contribution in [0.25, 0.3) is 0 Å². The van der Waals surface area contributed by atoms with Crippen LogP contribution in [0, 0.1) is 5.92 Å². The van der Waals surface area contributed by atoms with E-state index in [9.17, 15) is 4.79 Å². The van der Waals surface area contributed by atoms with Crippen LogP contribution in [-0.2, 0) is 11.2 Å². The Balaban J connectivity index is 1.68. The third kappa shape index (κ3) is 2.57. The fraction of sp³-hybridized carbons (Fsp3) is 0.625. The maximum absolute atomic E-state index is 12.5. The number of carbonyl (C=O) groups excluding carboxylic acids is 1. The summed E-state index contributed by atoms with van der Waals surface area (Å²) in [7, 11) is 0. The molecule has 0 radical (unpaired) electrons. The molecule has 2 fully saturated rings. The predicted molar refractivity (Wildman–Crippen MR) is 76.6 cm³/mol. The van der Waals surface area contributed by atoms with Crippen LogP contribution in [0.3, 0.4) is 0 Å². The first-order valence-corrected chi connectivity index (χ1v) is 7.57. The number of rotatable bonds is 2. The molecule has 0 aromatic carbocycles. The minimum atomic E-state index is 0.0850. The first-order chi connectivity index (χ1) is 9.67. The van der Waals surface area contributed by atoms with E-state index in [0.29, 0.717) is 17.6 Å². The quantitative estimate of drug-likeness (QED) is 0.831. The number of fused-ring (bicyclic) bond motifs is 1. The van der Waals surface area contributed by atoms with E-state index in [0.717, 1.165) is 38.0 Å². The van der Waals surface area contributed by atoms with E-state index in [-0.39, 0.29) is 12.0 Å². The van der Waals surface area contributed by atoms with Gasteiger partial charge in [-0.15, -0.1) is 0 Å². The maximum atomic E-state index is 12.5. The monoisotopic (exact) mass is 274 g/mol. The van der Waals surface area contributed by atoms with Crippen molar-refractivity contribution in [2.24, 2.45) is 5.92 Å².